The van der Waals surface area contributed by atoms with Crippen molar-refractivity contribution in [2.75, 3.05) is 6.61 Å². The van der Waals surface area contributed by atoms with Crippen LogP contribution in [0.2, 0.25) is 5.02 Å². The predicted octanol–water partition coefficient (Wildman–Crippen LogP) is 3.41. The van der Waals surface area contributed by atoms with Crippen LogP contribution in [0.5, 0.6) is 17.2 Å². The number of carbonyl (C=O) groups excluding carboxylic acids is 1. The van der Waals surface area contributed by atoms with Crippen LogP contribution < -0.4 is 4.74 Å². The zero-order chi connectivity index (χ0) is 15.0. The lowest BCUT2D eigenvalue weighted by molar-refractivity contribution is 0.100. The molecular weight excluding hydrogens is 292 g/mol. The number of phenols is 2. The zero-order valence-electron chi connectivity index (χ0n) is 10.8. The molecule has 0 saturated carbocycles. The first-order valence-corrected chi connectivity index (χ1v) is 6.62. The molecular formula is C16H11ClO4. The van der Waals surface area contributed by atoms with Gasteiger partial charge in [-0.1, -0.05) is 23.7 Å². The summed E-state index contributed by atoms with van der Waals surface area (Å²) in [5.74, 6) is -0.277. The highest BCUT2D eigenvalue weighted by Gasteiger charge is 2.22. The summed E-state index contributed by atoms with van der Waals surface area (Å²) in [5.41, 5.74) is 1.47. The molecule has 106 valence electrons. The normalized spacial score (nSPS) is 15.7. The quantitative estimate of drug-likeness (QED) is 0.626. The Bertz CT molecular complexity index is 742. The van der Waals surface area contributed by atoms with Gasteiger partial charge in [-0.2, -0.15) is 0 Å². The van der Waals surface area contributed by atoms with Gasteiger partial charge in [-0.15, -0.1) is 0 Å². The highest BCUT2D eigenvalue weighted by Crippen LogP contribution is 2.35. The fraction of sp³-hybridized carbons (Fsp3) is 0.0625. The monoisotopic (exact) mass is 302 g/mol. The lowest BCUT2D eigenvalue weighted by Gasteiger charge is -2.18. The summed E-state index contributed by atoms with van der Waals surface area (Å²) in [6, 6.07) is 9.82. The van der Waals surface area contributed by atoms with Gasteiger partial charge in [-0.05, 0) is 35.9 Å². The smallest absolute Gasteiger partial charge is 0.196 e. The third-order valence-electron chi connectivity index (χ3n) is 3.21. The van der Waals surface area contributed by atoms with Crippen LogP contribution in [0.15, 0.2) is 42.0 Å². The van der Waals surface area contributed by atoms with E-state index in [2.05, 4.69) is 0 Å². The molecule has 3 rings (SSSR count). The Morgan fingerprint density at radius 1 is 1.19 bits per heavy atom. The molecule has 0 bridgehead atoms. The molecule has 1 aliphatic heterocycles. The molecule has 0 spiro atoms. The summed E-state index contributed by atoms with van der Waals surface area (Å²) in [4.78, 5) is 12.4. The highest BCUT2D eigenvalue weighted by atomic mass is 35.5. The Morgan fingerprint density at radius 3 is 2.71 bits per heavy atom. The van der Waals surface area contributed by atoms with Gasteiger partial charge in [-0.3, -0.25) is 4.79 Å². The van der Waals surface area contributed by atoms with Gasteiger partial charge in [0.1, 0.15) is 12.4 Å². The zero-order valence-corrected chi connectivity index (χ0v) is 11.6. The number of phenolic OH excluding ortho intramolecular Hbond substituents is 2. The Labute approximate surface area is 125 Å². The molecule has 0 aliphatic carbocycles. The van der Waals surface area contributed by atoms with Gasteiger partial charge in [-0.25, -0.2) is 0 Å². The number of ether oxygens (including phenoxy) is 1. The highest BCUT2D eigenvalue weighted by molar-refractivity contribution is 6.32. The van der Waals surface area contributed by atoms with Crippen molar-refractivity contribution in [1.29, 1.82) is 0 Å². The number of rotatable bonds is 1. The molecule has 0 saturated heterocycles. The van der Waals surface area contributed by atoms with Crippen LogP contribution in [0.1, 0.15) is 15.9 Å². The number of fused-ring (bicyclic) bond motifs is 1. The van der Waals surface area contributed by atoms with E-state index in [0.717, 1.165) is 0 Å². The molecule has 0 fully saturated rings. The Hall–Kier alpha value is -2.46. The van der Waals surface area contributed by atoms with Crippen LogP contribution in [0.4, 0.5) is 0 Å². The lowest BCUT2D eigenvalue weighted by atomic mass is 9.98. The van der Waals surface area contributed by atoms with Gasteiger partial charge in [0.2, 0.25) is 0 Å². The lowest BCUT2D eigenvalue weighted by Crippen LogP contribution is -2.18. The van der Waals surface area contributed by atoms with E-state index in [-0.39, 0.29) is 28.9 Å². The van der Waals surface area contributed by atoms with Gasteiger partial charge in [0.05, 0.1) is 10.6 Å². The number of hydrogen-bond donors (Lipinski definition) is 2. The minimum Gasteiger partial charge on any atom is -0.504 e. The molecule has 0 radical (unpaired) electrons. The second kappa shape index (κ2) is 5.14. The van der Waals surface area contributed by atoms with Crippen LogP contribution in [0, 0.1) is 0 Å². The first kappa shape index (κ1) is 13.5. The minimum absolute atomic E-state index is 0.0198. The van der Waals surface area contributed by atoms with Crippen molar-refractivity contribution in [3.63, 3.8) is 0 Å². The molecule has 1 heterocycles. The summed E-state index contributed by atoms with van der Waals surface area (Å²) in [7, 11) is 0. The standard InChI is InChI=1S/C16H11ClO4/c17-12-6-9(7-13(18)16(12)20)5-10-8-21-14-4-2-1-3-11(14)15(10)19/h1-7,18,20H,8H2/b10-5-. The molecule has 5 heteroatoms. The van der Waals surface area contributed by atoms with E-state index in [1.165, 1.54) is 12.1 Å². The molecule has 2 aromatic carbocycles. The molecule has 4 nitrogen and oxygen atoms in total. The number of para-hydroxylation sites is 1. The number of benzene rings is 2. The van der Waals surface area contributed by atoms with Crippen LogP contribution in [0.25, 0.3) is 6.08 Å². The van der Waals surface area contributed by atoms with Crippen LogP contribution in [0.3, 0.4) is 0 Å². The molecule has 21 heavy (non-hydrogen) atoms. The number of Topliss-reactive ketones (excluding diaryl/α,β-unsaturated/α-hetero) is 1. The first-order chi connectivity index (χ1) is 10.1. The third kappa shape index (κ3) is 2.45. The van der Waals surface area contributed by atoms with Crippen molar-refractivity contribution in [3.05, 3.63) is 58.1 Å². The van der Waals surface area contributed by atoms with Gasteiger partial charge in [0.25, 0.3) is 0 Å². The second-order valence-corrected chi connectivity index (χ2v) is 5.06. The molecule has 0 atom stereocenters. The van der Waals surface area contributed by atoms with E-state index in [1.54, 1.807) is 30.3 Å². The van der Waals surface area contributed by atoms with E-state index in [9.17, 15) is 15.0 Å². The summed E-state index contributed by atoms with van der Waals surface area (Å²) in [6.45, 7) is 0.148. The molecule has 0 unspecified atom stereocenters. The van der Waals surface area contributed by atoms with Crippen LogP contribution in [-0.2, 0) is 0 Å². The summed E-state index contributed by atoms with van der Waals surface area (Å²) in [5, 5.41) is 19.0. The maximum Gasteiger partial charge on any atom is 0.196 e. The number of hydrogen-bond acceptors (Lipinski definition) is 4. The van der Waals surface area contributed by atoms with Crippen LogP contribution in [-0.4, -0.2) is 22.6 Å². The minimum atomic E-state index is -0.379. The van der Waals surface area contributed by atoms with Crippen molar-refractivity contribution in [3.8, 4) is 17.2 Å². The maximum atomic E-state index is 12.4. The van der Waals surface area contributed by atoms with Crippen molar-refractivity contribution < 1.29 is 19.7 Å². The van der Waals surface area contributed by atoms with E-state index >= 15 is 0 Å². The number of aromatic hydroxyl groups is 2. The fourth-order valence-corrected chi connectivity index (χ4v) is 2.39. The van der Waals surface area contributed by atoms with Gasteiger partial charge >= 0.3 is 0 Å². The van der Waals surface area contributed by atoms with Crippen molar-refractivity contribution in [1.82, 2.24) is 0 Å². The number of halogens is 1. The second-order valence-electron chi connectivity index (χ2n) is 4.65. The topological polar surface area (TPSA) is 66.8 Å². The van der Waals surface area contributed by atoms with E-state index < -0.39 is 0 Å². The van der Waals surface area contributed by atoms with Crippen molar-refractivity contribution in [2.24, 2.45) is 0 Å². The summed E-state index contributed by atoms with van der Waals surface area (Å²) < 4.78 is 5.53. The third-order valence-corrected chi connectivity index (χ3v) is 3.50. The first-order valence-electron chi connectivity index (χ1n) is 6.25. The van der Waals surface area contributed by atoms with E-state index in [1.807, 2.05) is 0 Å². The Kier molecular flexibility index (Phi) is 3.31. The predicted molar refractivity (Wildman–Crippen MR) is 79.0 cm³/mol. The Morgan fingerprint density at radius 2 is 1.95 bits per heavy atom. The average Bonchev–Trinajstić information content (AvgIpc) is 2.48. The molecule has 0 amide bonds. The molecule has 1 aliphatic rings. The molecule has 2 N–H and O–H groups in total. The molecule has 0 aromatic heterocycles. The largest absolute Gasteiger partial charge is 0.504 e. The van der Waals surface area contributed by atoms with E-state index in [0.29, 0.717) is 22.4 Å². The fourth-order valence-electron chi connectivity index (χ4n) is 2.17. The SMILES string of the molecule is O=C1/C(=C\c2cc(O)c(O)c(Cl)c2)COc2ccccc21. The maximum absolute atomic E-state index is 12.4. The van der Waals surface area contributed by atoms with Crippen molar-refractivity contribution in [2.45, 2.75) is 0 Å². The van der Waals surface area contributed by atoms with E-state index in [4.69, 9.17) is 16.3 Å². The van der Waals surface area contributed by atoms with Gasteiger partial charge < -0.3 is 14.9 Å². The average molecular weight is 303 g/mol. The Balaban J connectivity index is 2.00. The number of ketones is 1. The van der Waals surface area contributed by atoms with Crippen molar-refractivity contribution >= 4 is 23.5 Å². The van der Waals surface area contributed by atoms with Gasteiger partial charge in [0.15, 0.2) is 17.3 Å². The van der Waals surface area contributed by atoms with Crippen LogP contribution >= 0.6 is 11.6 Å². The summed E-state index contributed by atoms with van der Waals surface area (Å²) in [6.07, 6.45) is 1.59. The summed E-state index contributed by atoms with van der Waals surface area (Å²) >= 11 is 5.80. The van der Waals surface area contributed by atoms with Gasteiger partial charge in [0, 0.05) is 5.57 Å². The number of carbonyl (C=O) groups is 1. The molecule has 2 aromatic rings.